The van der Waals surface area contributed by atoms with Crippen LogP contribution in [0.4, 0.5) is 0 Å². The fourth-order valence-electron chi connectivity index (χ4n) is 3.29. The number of hydrogen-bond acceptors (Lipinski definition) is 3. The molecule has 0 aliphatic rings. The highest BCUT2D eigenvalue weighted by atomic mass is 16.3. The van der Waals surface area contributed by atoms with Crippen LogP contribution in [0.1, 0.15) is 33.9 Å². The highest BCUT2D eigenvalue weighted by Crippen LogP contribution is 2.20. The Morgan fingerprint density at radius 2 is 1.40 bits per heavy atom. The quantitative estimate of drug-likeness (QED) is 0.575. The largest absolute Gasteiger partial charge is 0.395 e. The number of amides is 2. The minimum Gasteiger partial charge on any atom is -0.395 e. The molecule has 0 fully saturated rings. The molecule has 154 valence electrons. The molecule has 3 aromatic carbocycles. The van der Waals surface area contributed by atoms with Gasteiger partial charge in [-0.1, -0.05) is 78.9 Å². The van der Waals surface area contributed by atoms with Gasteiger partial charge in [-0.05, 0) is 23.3 Å². The van der Waals surface area contributed by atoms with Crippen LogP contribution in [0.25, 0.3) is 0 Å². The summed E-state index contributed by atoms with van der Waals surface area (Å²) >= 11 is 0. The van der Waals surface area contributed by atoms with Gasteiger partial charge in [0.1, 0.15) is 0 Å². The first kappa shape index (κ1) is 21.3. The summed E-state index contributed by atoms with van der Waals surface area (Å²) < 4.78 is 0. The van der Waals surface area contributed by atoms with Gasteiger partial charge in [0.25, 0.3) is 5.91 Å². The van der Waals surface area contributed by atoms with Crippen LogP contribution in [-0.2, 0) is 11.3 Å². The molecule has 5 nitrogen and oxygen atoms in total. The lowest BCUT2D eigenvalue weighted by Crippen LogP contribution is -2.37. The maximum atomic E-state index is 13.1. The molecule has 2 amide bonds. The summed E-state index contributed by atoms with van der Waals surface area (Å²) in [5.74, 6) is -0.357. The molecule has 0 saturated carbocycles. The summed E-state index contributed by atoms with van der Waals surface area (Å²) in [6.45, 7) is 0.529. The Bertz CT molecular complexity index is 930. The van der Waals surface area contributed by atoms with E-state index in [2.05, 4.69) is 5.32 Å². The molecule has 0 aromatic heterocycles. The Hall–Kier alpha value is -3.44. The van der Waals surface area contributed by atoms with E-state index in [1.807, 2.05) is 66.7 Å². The molecule has 0 spiro atoms. The SMILES string of the molecule is O=C(NC(CC(=O)N(CCO)Cc1ccccc1)c1ccccc1)c1ccccc1. The van der Waals surface area contributed by atoms with E-state index in [9.17, 15) is 14.7 Å². The zero-order valence-corrected chi connectivity index (χ0v) is 16.8. The summed E-state index contributed by atoms with van der Waals surface area (Å²) in [4.78, 5) is 27.4. The van der Waals surface area contributed by atoms with Crippen LogP contribution in [0.15, 0.2) is 91.0 Å². The third kappa shape index (κ3) is 6.03. The topological polar surface area (TPSA) is 69.6 Å². The minimum absolute atomic E-state index is 0.107. The van der Waals surface area contributed by atoms with Gasteiger partial charge in [-0.3, -0.25) is 9.59 Å². The van der Waals surface area contributed by atoms with Crippen molar-refractivity contribution in [3.05, 3.63) is 108 Å². The standard InChI is InChI=1S/C25H26N2O3/c28-17-16-27(19-20-10-4-1-5-11-20)24(29)18-23(21-12-6-2-7-13-21)26-25(30)22-14-8-3-9-15-22/h1-15,23,28H,16-19H2,(H,26,30). The highest BCUT2D eigenvalue weighted by Gasteiger charge is 2.22. The second-order valence-corrected chi connectivity index (χ2v) is 7.03. The number of nitrogens with zero attached hydrogens (tertiary/aromatic N) is 1. The molecule has 5 heteroatoms. The number of hydrogen-bond donors (Lipinski definition) is 2. The van der Waals surface area contributed by atoms with Crippen molar-refractivity contribution in [2.45, 2.75) is 19.0 Å². The molecular formula is C25H26N2O3. The van der Waals surface area contributed by atoms with Crippen molar-refractivity contribution >= 4 is 11.8 Å². The number of carbonyl (C=O) groups is 2. The number of carbonyl (C=O) groups excluding carboxylic acids is 2. The number of benzene rings is 3. The second-order valence-electron chi connectivity index (χ2n) is 7.03. The molecule has 0 aliphatic heterocycles. The molecule has 3 rings (SSSR count). The maximum Gasteiger partial charge on any atom is 0.251 e. The van der Waals surface area contributed by atoms with E-state index in [1.54, 1.807) is 29.2 Å². The summed E-state index contributed by atoms with van der Waals surface area (Å²) in [5.41, 5.74) is 2.39. The van der Waals surface area contributed by atoms with Gasteiger partial charge < -0.3 is 15.3 Å². The highest BCUT2D eigenvalue weighted by molar-refractivity contribution is 5.94. The van der Waals surface area contributed by atoms with Gasteiger partial charge in [-0.2, -0.15) is 0 Å². The van der Waals surface area contributed by atoms with Gasteiger partial charge in [0.05, 0.1) is 19.1 Å². The smallest absolute Gasteiger partial charge is 0.251 e. The van der Waals surface area contributed by atoms with Crippen molar-refractivity contribution in [1.29, 1.82) is 0 Å². The third-order valence-electron chi connectivity index (χ3n) is 4.86. The molecule has 1 atom stereocenters. The van der Waals surface area contributed by atoms with E-state index in [0.717, 1.165) is 11.1 Å². The summed E-state index contributed by atoms with van der Waals surface area (Å²) in [5, 5.41) is 12.4. The van der Waals surface area contributed by atoms with Gasteiger partial charge >= 0.3 is 0 Å². The molecule has 0 radical (unpaired) electrons. The average Bonchev–Trinajstić information content (AvgIpc) is 2.80. The van der Waals surface area contributed by atoms with Crippen LogP contribution in [-0.4, -0.2) is 35.0 Å². The summed E-state index contributed by atoms with van der Waals surface area (Å²) in [7, 11) is 0. The van der Waals surface area contributed by atoms with Gasteiger partial charge in [-0.15, -0.1) is 0 Å². The van der Waals surface area contributed by atoms with Crippen LogP contribution in [0.3, 0.4) is 0 Å². The number of aliphatic hydroxyl groups excluding tert-OH is 1. The van der Waals surface area contributed by atoms with Gasteiger partial charge in [0.15, 0.2) is 0 Å². The molecule has 0 heterocycles. The van der Waals surface area contributed by atoms with Crippen LogP contribution >= 0.6 is 0 Å². The Morgan fingerprint density at radius 1 is 0.833 bits per heavy atom. The van der Waals surface area contributed by atoms with Gasteiger partial charge in [-0.25, -0.2) is 0 Å². The van der Waals surface area contributed by atoms with E-state index < -0.39 is 6.04 Å². The number of nitrogens with one attached hydrogen (secondary N) is 1. The zero-order valence-electron chi connectivity index (χ0n) is 16.8. The van der Waals surface area contributed by atoms with Crippen molar-refractivity contribution in [3.63, 3.8) is 0 Å². The molecule has 0 saturated heterocycles. The van der Waals surface area contributed by atoms with Crippen LogP contribution in [0.2, 0.25) is 0 Å². The lowest BCUT2D eigenvalue weighted by molar-refractivity contribution is -0.132. The first-order valence-corrected chi connectivity index (χ1v) is 10.0. The first-order chi connectivity index (χ1) is 14.7. The Morgan fingerprint density at radius 3 is 2.00 bits per heavy atom. The molecule has 2 N–H and O–H groups in total. The van der Waals surface area contributed by atoms with Crippen molar-refractivity contribution in [1.82, 2.24) is 10.2 Å². The predicted octanol–water partition coefficient (Wildman–Crippen LogP) is 3.57. The Balaban J connectivity index is 1.77. The van der Waals surface area contributed by atoms with Crippen LogP contribution in [0, 0.1) is 0 Å². The predicted molar refractivity (Wildman–Crippen MR) is 117 cm³/mol. The average molecular weight is 402 g/mol. The second kappa shape index (κ2) is 10.9. The normalized spacial score (nSPS) is 11.5. The fraction of sp³-hybridized carbons (Fsp3) is 0.200. The fourth-order valence-corrected chi connectivity index (χ4v) is 3.29. The van der Waals surface area contributed by atoms with Crippen molar-refractivity contribution < 1.29 is 14.7 Å². The molecule has 3 aromatic rings. The number of rotatable bonds is 9. The lowest BCUT2D eigenvalue weighted by atomic mass is 10.0. The number of aliphatic hydroxyl groups is 1. The lowest BCUT2D eigenvalue weighted by Gasteiger charge is -2.26. The van der Waals surface area contributed by atoms with E-state index in [4.69, 9.17) is 0 Å². The van der Waals surface area contributed by atoms with E-state index >= 15 is 0 Å². The van der Waals surface area contributed by atoms with Crippen molar-refractivity contribution in [3.8, 4) is 0 Å². The molecule has 1 unspecified atom stereocenters. The zero-order chi connectivity index (χ0) is 21.2. The Labute approximate surface area is 177 Å². The summed E-state index contributed by atoms with van der Waals surface area (Å²) in [6, 6.07) is 27.6. The molecule has 30 heavy (non-hydrogen) atoms. The van der Waals surface area contributed by atoms with Crippen molar-refractivity contribution in [2.75, 3.05) is 13.2 Å². The Kier molecular flexibility index (Phi) is 7.75. The molecule has 0 bridgehead atoms. The monoisotopic (exact) mass is 402 g/mol. The van der Waals surface area contributed by atoms with Gasteiger partial charge in [0, 0.05) is 18.7 Å². The third-order valence-corrected chi connectivity index (χ3v) is 4.86. The van der Waals surface area contributed by atoms with Crippen LogP contribution in [0.5, 0.6) is 0 Å². The van der Waals surface area contributed by atoms with Crippen LogP contribution < -0.4 is 5.32 Å². The minimum atomic E-state index is -0.469. The van der Waals surface area contributed by atoms with E-state index in [1.165, 1.54) is 0 Å². The maximum absolute atomic E-state index is 13.1. The molecular weight excluding hydrogens is 376 g/mol. The van der Waals surface area contributed by atoms with E-state index in [0.29, 0.717) is 12.1 Å². The molecule has 0 aliphatic carbocycles. The van der Waals surface area contributed by atoms with E-state index in [-0.39, 0.29) is 31.4 Å². The van der Waals surface area contributed by atoms with Gasteiger partial charge in [0.2, 0.25) is 5.91 Å². The summed E-state index contributed by atoms with van der Waals surface area (Å²) in [6.07, 6.45) is 0.107. The first-order valence-electron chi connectivity index (χ1n) is 10.0. The van der Waals surface area contributed by atoms with Crippen molar-refractivity contribution in [2.24, 2.45) is 0 Å².